The number of benzene rings is 2. The molecule has 1 aromatic heterocycles. The maximum Gasteiger partial charge on any atom is 0.210 e. The van der Waals surface area contributed by atoms with Crippen molar-refractivity contribution in [2.45, 2.75) is 119 Å². The summed E-state index contributed by atoms with van der Waals surface area (Å²) in [5.41, 5.74) is -0.0907. The molecule has 1 atom stereocenters. The van der Waals surface area contributed by atoms with Crippen molar-refractivity contribution in [3.63, 3.8) is 0 Å². The number of piperazine rings is 1. The summed E-state index contributed by atoms with van der Waals surface area (Å²) in [4.78, 5) is 14.3. The lowest BCUT2D eigenvalue weighted by Gasteiger charge is -2.46. The van der Waals surface area contributed by atoms with Crippen LogP contribution in [0.4, 0.5) is 14.5 Å². The molecule has 0 spiro atoms. The van der Waals surface area contributed by atoms with Gasteiger partial charge in [-0.1, -0.05) is 20.8 Å². The standard InChI is InChI=1S/C41H59F2N5O4S2/c1-28(2)45-19-21-47(22-20-45)30-11-15-46(16-12-30)29-13-17-48(18-14-29)38-33-23-31(53(8)49)9-10-36(33)44-26-37(38)54(50,51)32-24-34(42)39(35(43)25-32)52-41(6,7)27-40(3,4)5/h9-10,23-26,28-30H,11-22,27H2,1-8H3. The third-order valence-corrected chi connectivity index (χ3v) is 14.1. The van der Waals surface area contributed by atoms with Crippen LogP contribution in [0.3, 0.4) is 0 Å². The normalized spacial score (nSPS) is 20.3. The number of rotatable bonds is 10. The van der Waals surface area contributed by atoms with Gasteiger partial charge in [-0.25, -0.2) is 17.2 Å². The third-order valence-electron chi connectivity index (χ3n) is 11.4. The zero-order valence-electron chi connectivity index (χ0n) is 33.3. The number of nitrogens with zero attached hydrogens (tertiary/aromatic N) is 5. The van der Waals surface area contributed by atoms with Crippen molar-refractivity contribution in [3.8, 4) is 5.75 Å². The Morgan fingerprint density at radius 1 is 0.870 bits per heavy atom. The zero-order valence-corrected chi connectivity index (χ0v) is 35.0. The molecular weight excluding hydrogens is 729 g/mol. The summed E-state index contributed by atoms with van der Waals surface area (Å²) < 4.78 is 78.7. The molecule has 3 aliphatic heterocycles. The first-order chi connectivity index (χ1) is 25.3. The molecular formula is C41H59F2N5O4S2. The van der Waals surface area contributed by atoms with Crippen LogP contribution in [0.1, 0.15) is 80.6 Å². The van der Waals surface area contributed by atoms with Crippen molar-refractivity contribution < 1.29 is 26.5 Å². The summed E-state index contributed by atoms with van der Waals surface area (Å²) in [6, 6.07) is 8.48. The van der Waals surface area contributed by atoms with Crippen molar-refractivity contribution in [2.24, 2.45) is 5.41 Å². The number of sulfone groups is 1. The summed E-state index contributed by atoms with van der Waals surface area (Å²) in [6.45, 7) is 21.9. The van der Waals surface area contributed by atoms with Gasteiger partial charge in [-0.05, 0) is 114 Å². The highest BCUT2D eigenvalue weighted by Crippen LogP contribution is 2.41. The molecule has 0 aliphatic carbocycles. The fourth-order valence-electron chi connectivity index (χ4n) is 9.04. The Balaban J connectivity index is 1.24. The Labute approximate surface area is 324 Å². The summed E-state index contributed by atoms with van der Waals surface area (Å²) in [7, 11) is -4.47. The lowest BCUT2D eigenvalue weighted by Crippen LogP contribution is -2.56. The number of ether oxygens (including phenoxy) is 1. The van der Waals surface area contributed by atoms with Gasteiger partial charge in [-0.15, -0.1) is 0 Å². The molecule has 1 unspecified atom stereocenters. The van der Waals surface area contributed by atoms with Crippen molar-refractivity contribution in [3.05, 3.63) is 48.2 Å². The lowest BCUT2D eigenvalue weighted by molar-refractivity contribution is 0.0359. The van der Waals surface area contributed by atoms with Gasteiger partial charge in [0.15, 0.2) is 22.3 Å². The average Bonchev–Trinajstić information content (AvgIpc) is 3.11. The quantitative estimate of drug-likeness (QED) is 0.199. The van der Waals surface area contributed by atoms with Crippen molar-refractivity contribution in [2.75, 3.05) is 63.5 Å². The second-order valence-corrected chi connectivity index (χ2v) is 20.9. The van der Waals surface area contributed by atoms with E-state index in [0.29, 0.717) is 59.1 Å². The van der Waals surface area contributed by atoms with E-state index in [1.165, 1.54) is 6.20 Å². The number of likely N-dealkylation sites (tertiary alicyclic amines) is 1. The fourth-order valence-corrected chi connectivity index (χ4v) is 11.0. The number of halogens is 2. The summed E-state index contributed by atoms with van der Waals surface area (Å²) >= 11 is -1.33. The van der Waals surface area contributed by atoms with Crippen LogP contribution >= 0.6 is 0 Å². The minimum Gasteiger partial charge on any atom is -0.612 e. The molecule has 6 rings (SSSR count). The van der Waals surface area contributed by atoms with Gasteiger partial charge in [0.1, 0.15) is 16.8 Å². The first-order valence-electron chi connectivity index (χ1n) is 19.5. The summed E-state index contributed by atoms with van der Waals surface area (Å²) in [5, 5.41) is 0.547. The molecule has 0 bridgehead atoms. The Morgan fingerprint density at radius 3 is 1.96 bits per heavy atom. The minimum atomic E-state index is -4.47. The number of pyridine rings is 1. The number of hydrogen-bond acceptors (Lipinski definition) is 9. The molecule has 3 aromatic rings. The van der Waals surface area contributed by atoms with Crippen LogP contribution in [-0.2, 0) is 21.0 Å². The van der Waals surface area contributed by atoms with E-state index in [-0.39, 0.29) is 10.3 Å². The number of aromatic nitrogens is 1. The van der Waals surface area contributed by atoms with Crippen LogP contribution in [0, 0.1) is 17.0 Å². The number of piperidine rings is 2. The van der Waals surface area contributed by atoms with E-state index in [0.717, 1.165) is 77.1 Å². The molecule has 2 aromatic carbocycles. The third kappa shape index (κ3) is 9.18. The van der Waals surface area contributed by atoms with E-state index >= 15 is 8.78 Å². The monoisotopic (exact) mass is 787 g/mol. The minimum absolute atomic E-state index is 0.133. The summed E-state index contributed by atoms with van der Waals surface area (Å²) in [5.74, 6) is -2.77. The van der Waals surface area contributed by atoms with Crippen LogP contribution in [0.5, 0.6) is 5.75 Å². The largest absolute Gasteiger partial charge is 0.612 e. The van der Waals surface area contributed by atoms with Crippen molar-refractivity contribution >= 4 is 37.6 Å². The van der Waals surface area contributed by atoms with Gasteiger partial charge in [0.2, 0.25) is 9.84 Å². The highest BCUT2D eigenvalue weighted by molar-refractivity contribution is 7.91. The van der Waals surface area contributed by atoms with Gasteiger partial charge >= 0.3 is 0 Å². The van der Waals surface area contributed by atoms with E-state index in [2.05, 4.69) is 38.4 Å². The van der Waals surface area contributed by atoms with Gasteiger partial charge in [0, 0.05) is 75.0 Å². The Hall–Kier alpha value is -2.55. The zero-order chi connectivity index (χ0) is 39.2. The van der Waals surface area contributed by atoms with Gasteiger partial charge in [0.25, 0.3) is 0 Å². The molecule has 3 aliphatic rings. The van der Waals surface area contributed by atoms with Crippen molar-refractivity contribution in [1.29, 1.82) is 0 Å². The first kappa shape index (κ1) is 41.1. The predicted molar refractivity (Wildman–Crippen MR) is 213 cm³/mol. The van der Waals surface area contributed by atoms with Gasteiger partial charge in [0.05, 0.1) is 16.1 Å². The second kappa shape index (κ2) is 16.1. The first-order valence-corrected chi connectivity index (χ1v) is 22.5. The van der Waals surface area contributed by atoms with Gasteiger partial charge < -0.3 is 19.1 Å². The average molecular weight is 788 g/mol. The molecule has 0 amide bonds. The molecule has 54 heavy (non-hydrogen) atoms. The number of hydrogen-bond donors (Lipinski definition) is 0. The summed E-state index contributed by atoms with van der Waals surface area (Å²) in [6.07, 6.45) is 7.39. The predicted octanol–water partition coefficient (Wildman–Crippen LogP) is 7.14. The molecule has 0 radical (unpaired) electrons. The Kier molecular flexibility index (Phi) is 12.3. The Morgan fingerprint density at radius 2 is 1.43 bits per heavy atom. The smallest absolute Gasteiger partial charge is 0.210 e. The van der Waals surface area contributed by atoms with Crippen LogP contribution < -0.4 is 9.64 Å². The SMILES string of the molecule is CC(C)N1CCN(C2CCN(C3CCN(c4c(S(=O)(=O)c5cc(F)c(OC(C)(C)CC(C)(C)C)c(F)c5)cnc5ccc([S+](C)[O-])cc45)CC3)CC2)CC1. The maximum absolute atomic E-state index is 15.7. The molecule has 298 valence electrons. The molecule has 9 nitrogen and oxygen atoms in total. The molecule has 13 heteroatoms. The highest BCUT2D eigenvalue weighted by atomic mass is 32.2. The lowest BCUT2D eigenvalue weighted by atomic mass is 9.83. The molecule has 0 N–H and O–H groups in total. The van der Waals surface area contributed by atoms with Gasteiger partial charge in [-0.3, -0.25) is 14.8 Å². The molecule has 3 saturated heterocycles. The topological polar surface area (TPSA) is 92.3 Å². The highest BCUT2D eigenvalue weighted by Gasteiger charge is 2.36. The van der Waals surface area contributed by atoms with E-state index in [9.17, 15) is 13.0 Å². The van der Waals surface area contributed by atoms with Crippen LogP contribution in [0.2, 0.25) is 0 Å². The van der Waals surface area contributed by atoms with Crippen LogP contribution in [0.25, 0.3) is 10.9 Å². The van der Waals surface area contributed by atoms with E-state index in [1.807, 2.05) is 20.8 Å². The fraction of sp³-hybridized carbons (Fsp3) is 0.634. The van der Waals surface area contributed by atoms with E-state index < -0.39 is 48.9 Å². The van der Waals surface area contributed by atoms with E-state index in [4.69, 9.17) is 4.74 Å². The van der Waals surface area contributed by atoms with Crippen LogP contribution in [-0.4, -0.2) is 115 Å². The van der Waals surface area contributed by atoms with Gasteiger partial charge in [-0.2, -0.15) is 0 Å². The molecule has 4 heterocycles. The second-order valence-electron chi connectivity index (χ2n) is 17.6. The number of anilines is 1. The molecule has 3 fully saturated rings. The molecule has 0 saturated carbocycles. The van der Waals surface area contributed by atoms with E-state index in [1.54, 1.807) is 38.3 Å². The Bertz CT molecular complexity index is 1870. The number of fused-ring (bicyclic) bond motifs is 1. The maximum atomic E-state index is 15.7. The van der Waals surface area contributed by atoms with Crippen molar-refractivity contribution in [1.82, 2.24) is 19.7 Å². The van der Waals surface area contributed by atoms with Crippen LogP contribution in [0.15, 0.2) is 51.2 Å².